The van der Waals surface area contributed by atoms with Crippen molar-refractivity contribution in [3.63, 3.8) is 0 Å². The van der Waals surface area contributed by atoms with Crippen molar-refractivity contribution in [3.8, 4) is 11.8 Å². The lowest BCUT2D eigenvalue weighted by Gasteiger charge is -2.34. The number of piperidine rings is 1. The SMILES string of the molecule is CC(C(=O)Nc1sc2c(c1C#N)CCCCC2)N1CCC(C(=O)Nc2ccccc2O)CC1. The Kier molecular flexibility index (Phi) is 7.31. The van der Waals surface area contributed by atoms with Gasteiger partial charge in [0.1, 0.15) is 16.8 Å². The number of phenols is 1. The molecule has 174 valence electrons. The first kappa shape index (κ1) is 23.3. The quantitative estimate of drug-likeness (QED) is 0.451. The van der Waals surface area contributed by atoms with E-state index in [4.69, 9.17) is 0 Å². The van der Waals surface area contributed by atoms with E-state index in [0.29, 0.717) is 42.2 Å². The molecule has 0 radical (unpaired) electrons. The van der Waals surface area contributed by atoms with E-state index in [2.05, 4.69) is 21.6 Å². The van der Waals surface area contributed by atoms with Crippen LogP contribution >= 0.6 is 11.3 Å². The van der Waals surface area contributed by atoms with Gasteiger partial charge >= 0.3 is 0 Å². The average molecular weight is 467 g/mol. The Morgan fingerprint density at radius 1 is 1.15 bits per heavy atom. The van der Waals surface area contributed by atoms with Crippen molar-refractivity contribution in [2.45, 2.75) is 57.9 Å². The smallest absolute Gasteiger partial charge is 0.242 e. The van der Waals surface area contributed by atoms with Gasteiger partial charge in [-0.3, -0.25) is 14.5 Å². The third kappa shape index (κ3) is 5.21. The van der Waals surface area contributed by atoms with E-state index < -0.39 is 0 Å². The lowest BCUT2D eigenvalue weighted by molar-refractivity contribution is -0.123. The molecule has 1 aromatic heterocycles. The second-order valence-corrected chi connectivity index (χ2v) is 9.97. The number of aromatic hydroxyl groups is 1. The van der Waals surface area contributed by atoms with Crippen LogP contribution in [-0.4, -0.2) is 41.0 Å². The summed E-state index contributed by atoms with van der Waals surface area (Å²) >= 11 is 1.55. The second-order valence-electron chi connectivity index (χ2n) is 8.86. The minimum Gasteiger partial charge on any atom is -0.506 e. The number of nitrogens with zero attached hydrogens (tertiary/aromatic N) is 2. The highest BCUT2D eigenvalue weighted by molar-refractivity contribution is 7.16. The van der Waals surface area contributed by atoms with Gasteiger partial charge in [-0.05, 0) is 76.2 Å². The normalized spacial score (nSPS) is 17.9. The van der Waals surface area contributed by atoms with Crippen LogP contribution in [0.15, 0.2) is 24.3 Å². The van der Waals surface area contributed by atoms with E-state index in [1.165, 1.54) is 11.3 Å². The number of carbonyl (C=O) groups is 2. The Labute approximate surface area is 198 Å². The summed E-state index contributed by atoms with van der Waals surface area (Å²) in [5.41, 5.74) is 2.18. The van der Waals surface area contributed by atoms with Gasteiger partial charge in [0.25, 0.3) is 0 Å². The number of amides is 2. The number of nitrogens with one attached hydrogen (secondary N) is 2. The van der Waals surface area contributed by atoms with Crippen LogP contribution < -0.4 is 10.6 Å². The maximum atomic E-state index is 13.0. The molecule has 4 rings (SSSR count). The summed E-state index contributed by atoms with van der Waals surface area (Å²) in [6.45, 7) is 3.15. The number of anilines is 2. The third-order valence-electron chi connectivity index (χ3n) is 6.76. The number of likely N-dealkylation sites (tertiary alicyclic amines) is 1. The molecule has 1 aliphatic carbocycles. The van der Waals surface area contributed by atoms with Crippen molar-refractivity contribution in [2.75, 3.05) is 23.7 Å². The van der Waals surface area contributed by atoms with E-state index in [0.717, 1.165) is 31.2 Å². The average Bonchev–Trinajstić information content (AvgIpc) is 2.98. The Bertz CT molecular complexity index is 1070. The fourth-order valence-electron chi connectivity index (χ4n) is 4.69. The molecule has 1 fully saturated rings. The summed E-state index contributed by atoms with van der Waals surface area (Å²) in [5.74, 6) is -0.322. The summed E-state index contributed by atoms with van der Waals surface area (Å²) in [4.78, 5) is 28.9. The molecule has 1 saturated heterocycles. The molecule has 1 unspecified atom stereocenters. The van der Waals surface area contributed by atoms with Crippen LogP contribution in [0.25, 0.3) is 0 Å². The maximum Gasteiger partial charge on any atom is 0.242 e. The van der Waals surface area contributed by atoms with Gasteiger partial charge in [0, 0.05) is 10.8 Å². The van der Waals surface area contributed by atoms with Crippen molar-refractivity contribution in [2.24, 2.45) is 5.92 Å². The predicted octanol–water partition coefficient (Wildman–Crippen LogP) is 4.27. The Hall–Kier alpha value is -2.89. The second kappa shape index (κ2) is 10.4. The van der Waals surface area contributed by atoms with Crippen molar-refractivity contribution in [1.29, 1.82) is 5.26 Å². The number of phenolic OH excluding ortho intramolecular Hbond substituents is 1. The van der Waals surface area contributed by atoms with Crippen LogP contribution in [0, 0.1) is 17.2 Å². The van der Waals surface area contributed by atoms with Gasteiger partial charge in [-0.25, -0.2) is 0 Å². The molecular weight excluding hydrogens is 436 g/mol. The number of para-hydroxylation sites is 2. The molecule has 2 heterocycles. The first-order valence-electron chi connectivity index (χ1n) is 11.7. The van der Waals surface area contributed by atoms with Gasteiger partial charge in [-0.2, -0.15) is 5.26 Å². The topological polar surface area (TPSA) is 105 Å². The molecule has 0 bridgehead atoms. The van der Waals surface area contributed by atoms with Crippen LogP contribution in [0.5, 0.6) is 5.75 Å². The summed E-state index contributed by atoms with van der Waals surface area (Å²) in [6.07, 6.45) is 6.60. The minimum atomic E-state index is -0.347. The molecule has 33 heavy (non-hydrogen) atoms. The lowest BCUT2D eigenvalue weighted by Crippen LogP contribution is -2.47. The zero-order valence-corrected chi connectivity index (χ0v) is 19.7. The summed E-state index contributed by atoms with van der Waals surface area (Å²) in [7, 11) is 0. The Morgan fingerprint density at radius 3 is 2.61 bits per heavy atom. The van der Waals surface area contributed by atoms with E-state index in [9.17, 15) is 20.0 Å². The summed E-state index contributed by atoms with van der Waals surface area (Å²) in [5, 5.41) is 26.1. The minimum absolute atomic E-state index is 0.0520. The van der Waals surface area contributed by atoms with E-state index in [1.807, 2.05) is 6.92 Å². The predicted molar refractivity (Wildman–Crippen MR) is 129 cm³/mol. The van der Waals surface area contributed by atoms with Crippen LogP contribution in [0.2, 0.25) is 0 Å². The number of carbonyl (C=O) groups excluding carboxylic acids is 2. The largest absolute Gasteiger partial charge is 0.506 e. The number of nitriles is 1. The highest BCUT2D eigenvalue weighted by atomic mass is 32.1. The zero-order valence-electron chi connectivity index (χ0n) is 18.9. The van der Waals surface area contributed by atoms with Crippen LogP contribution in [0.3, 0.4) is 0 Å². The van der Waals surface area contributed by atoms with Crippen LogP contribution in [-0.2, 0) is 22.4 Å². The highest BCUT2D eigenvalue weighted by Crippen LogP contribution is 2.37. The molecule has 2 aromatic rings. The molecule has 1 aromatic carbocycles. The molecule has 2 amide bonds. The van der Waals surface area contributed by atoms with Gasteiger partial charge in [-0.15, -0.1) is 11.3 Å². The van der Waals surface area contributed by atoms with Gasteiger partial charge in [-0.1, -0.05) is 18.6 Å². The van der Waals surface area contributed by atoms with E-state index in [1.54, 1.807) is 35.6 Å². The van der Waals surface area contributed by atoms with Crippen LogP contribution in [0.1, 0.15) is 55.0 Å². The van der Waals surface area contributed by atoms with Gasteiger partial charge < -0.3 is 15.7 Å². The molecule has 0 saturated carbocycles. The molecule has 3 N–H and O–H groups in total. The van der Waals surface area contributed by atoms with E-state index >= 15 is 0 Å². The number of hydrogen-bond donors (Lipinski definition) is 3. The molecule has 7 nitrogen and oxygen atoms in total. The van der Waals surface area contributed by atoms with Crippen molar-refractivity contribution >= 4 is 33.8 Å². The fraction of sp³-hybridized carbons (Fsp3) is 0.480. The molecule has 0 spiro atoms. The van der Waals surface area contributed by atoms with Gasteiger partial charge in [0.2, 0.25) is 11.8 Å². The highest BCUT2D eigenvalue weighted by Gasteiger charge is 2.31. The third-order valence-corrected chi connectivity index (χ3v) is 7.97. The standard InChI is InChI=1S/C25H30N4O3S/c1-16(23(31)28-25-19(15-26)18-7-3-2-4-10-22(18)33-25)29-13-11-17(12-14-29)24(32)27-20-8-5-6-9-21(20)30/h5-6,8-9,16-17,30H,2-4,7,10-14H2,1H3,(H,27,32)(H,28,31). The fourth-order valence-corrected chi connectivity index (χ4v) is 5.94. The summed E-state index contributed by atoms with van der Waals surface area (Å²) in [6, 6.07) is 8.67. The molecule has 1 atom stereocenters. The van der Waals surface area contributed by atoms with Gasteiger partial charge in [0.15, 0.2) is 0 Å². The number of rotatable bonds is 5. The number of thiophene rings is 1. The lowest BCUT2D eigenvalue weighted by atomic mass is 9.94. The van der Waals surface area contributed by atoms with Gasteiger partial charge in [0.05, 0.1) is 17.3 Å². The maximum absolute atomic E-state index is 13.0. The molecule has 1 aliphatic heterocycles. The first-order valence-corrected chi connectivity index (χ1v) is 12.5. The number of fused-ring (bicyclic) bond motifs is 1. The number of hydrogen-bond acceptors (Lipinski definition) is 6. The molecular formula is C25H30N4O3S. The zero-order chi connectivity index (χ0) is 23.4. The monoisotopic (exact) mass is 466 g/mol. The van der Waals surface area contributed by atoms with Crippen molar-refractivity contribution in [3.05, 3.63) is 40.3 Å². The van der Waals surface area contributed by atoms with Crippen molar-refractivity contribution < 1.29 is 14.7 Å². The molecule has 8 heteroatoms. The first-order chi connectivity index (χ1) is 16.0. The number of benzene rings is 1. The van der Waals surface area contributed by atoms with Crippen LogP contribution in [0.4, 0.5) is 10.7 Å². The summed E-state index contributed by atoms with van der Waals surface area (Å²) < 4.78 is 0. The Balaban J connectivity index is 1.33. The van der Waals surface area contributed by atoms with Crippen molar-refractivity contribution in [1.82, 2.24) is 4.90 Å². The number of aryl methyl sites for hydroxylation is 1. The molecule has 2 aliphatic rings. The Morgan fingerprint density at radius 2 is 1.88 bits per heavy atom. The van der Waals surface area contributed by atoms with E-state index in [-0.39, 0.29) is 29.5 Å².